The predicted molar refractivity (Wildman–Crippen MR) is 140 cm³/mol. The normalized spacial score (nSPS) is 16.4. The van der Waals surface area contributed by atoms with Crippen molar-refractivity contribution in [3.63, 3.8) is 0 Å². The number of ether oxygens (including phenoxy) is 1. The zero-order chi connectivity index (χ0) is 24.0. The van der Waals surface area contributed by atoms with Crippen molar-refractivity contribution >= 4 is 17.2 Å². The maximum absolute atomic E-state index is 13.2. The van der Waals surface area contributed by atoms with Crippen LogP contribution in [0.3, 0.4) is 0 Å². The Morgan fingerprint density at radius 2 is 1.76 bits per heavy atom. The Kier molecular flexibility index (Phi) is 8.03. The fraction of sp³-hybridized carbons (Fsp3) is 0.393. The molecule has 1 saturated heterocycles. The third-order valence-corrected chi connectivity index (χ3v) is 7.91. The molecule has 1 aliphatic rings. The van der Waals surface area contributed by atoms with Crippen LogP contribution in [0.1, 0.15) is 46.2 Å². The van der Waals surface area contributed by atoms with Gasteiger partial charge < -0.3 is 15.0 Å². The molecule has 1 unspecified atom stereocenters. The van der Waals surface area contributed by atoms with Gasteiger partial charge in [0.15, 0.2) is 0 Å². The molecule has 2 heterocycles. The van der Waals surface area contributed by atoms with Crippen molar-refractivity contribution in [3.05, 3.63) is 88.1 Å². The van der Waals surface area contributed by atoms with Crippen LogP contribution in [0.2, 0.25) is 0 Å². The average Bonchev–Trinajstić information content (AvgIpc) is 3.42. The van der Waals surface area contributed by atoms with E-state index in [4.69, 9.17) is 4.74 Å². The monoisotopic (exact) mass is 477 g/mol. The topological polar surface area (TPSA) is 44.8 Å². The third kappa shape index (κ3) is 5.35. The number of rotatable bonds is 9. The molecule has 180 valence electrons. The molecular formula is C28H35N3O2S. The van der Waals surface area contributed by atoms with Gasteiger partial charge in [0.25, 0.3) is 5.91 Å². The van der Waals surface area contributed by atoms with Crippen LogP contribution in [0, 0.1) is 0 Å². The van der Waals surface area contributed by atoms with Gasteiger partial charge in [-0.3, -0.25) is 9.69 Å². The lowest BCUT2D eigenvalue weighted by atomic mass is 9.79. The van der Waals surface area contributed by atoms with Gasteiger partial charge >= 0.3 is 0 Å². The number of carbonyl (C=O) groups excluding carboxylic acids is 1. The molecule has 2 aromatic carbocycles. The number of piperidine rings is 1. The molecule has 0 spiro atoms. The first-order valence-electron chi connectivity index (χ1n) is 12.0. The summed E-state index contributed by atoms with van der Waals surface area (Å²) in [6, 6.07) is 22.5. The van der Waals surface area contributed by atoms with E-state index in [0.29, 0.717) is 5.56 Å². The molecule has 0 saturated carbocycles. The number of carbonyl (C=O) groups is 1. The number of nitrogens with zero attached hydrogens (tertiary/aromatic N) is 2. The molecule has 1 fully saturated rings. The molecule has 3 aromatic rings. The number of hydrogen-bond acceptors (Lipinski definition) is 5. The van der Waals surface area contributed by atoms with Crippen LogP contribution in [0.4, 0.5) is 0 Å². The van der Waals surface area contributed by atoms with Crippen molar-refractivity contribution in [2.75, 3.05) is 40.8 Å². The lowest BCUT2D eigenvalue weighted by molar-refractivity contribution is 0.0411. The summed E-state index contributed by atoms with van der Waals surface area (Å²) < 4.78 is 6.28. The smallest absolute Gasteiger partial charge is 0.253 e. The molecule has 6 heteroatoms. The maximum atomic E-state index is 13.2. The largest absolute Gasteiger partial charge is 0.485 e. The molecule has 0 bridgehead atoms. The summed E-state index contributed by atoms with van der Waals surface area (Å²) in [6.45, 7) is 2.37. The molecule has 1 N–H and O–H groups in total. The highest BCUT2D eigenvalue weighted by Gasteiger charge is 2.39. The summed E-state index contributed by atoms with van der Waals surface area (Å²) in [6.07, 6.45) is 2.74. The summed E-state index contributed by atoms with van der Waals surface area (Å²) in [5, 5.41) is 5.28. The quantitative estimate of drug-likeness (QED) is 0.462. The third-order valence-electron chi connectivity index (χ3n) is 6.94. The van der Waals surface area contributed by atoms with Gasteiger partial charge in [0.1, 0.15) is 11.9 Å². The molecule has 1 amide bonds. The van der Waals surface area contributed by atoms with Gasteiger partial charge in [0, 0.05) is 35.5 Å². The second-order valence-electron chi connectivity index (χ2n) is 9.12. The number of benzene rings is 2. The number of hydrogen-bond donors (Lipinski definition) is 1. The van der Waals surface area contributed by atoms with E-state index in [0.717, 1.165) is 44.6 Å². The Morgan fingerprint density at radius 3 is 2.35 bits per heavy atom. The number of nitrogens with one attached hydrogen (secondary N) is 1. The Morgan fingerprint density at radius 1 is 1.06 bits per heavy atom. The van der Waals surface area contributed by atoms with Crippen molar-refractivity contribution in [2.24, 2.45) is 0 Å². The van der Waals surface area contributed by atoms with Gasteiger partial charge in [-0.05, 0) is 81.8 Å². The van der Waals surface area contributed by atoms with Crippen molar-refractivity contribution in [1.29, 1.82) is 0 Å². The number of amides is 1. The maximum Gasteiger partial charge on any atom is 0.253 e. The first kappa shape index (κ1) is 24.5. The fourth-order valence-corrected chi connectivity index (χ4v) is 5.64. The van der Waals surface area contributed by atoms with E-state index >= 15 is 0 Å². The number of thiophene rings is 1. The minimum Gasteiger partial charge on any atom is -0.485 e. The predicted octanol–water partition coefficient (Wildman–Crippen LogP) is 5.17. The minimum absolute atomic E-state index is 0.00763. The van der Waals surface area contributed by atoms with E-state index in [-0.39, 0.29) is 17.6 Å². The lowest BCUT2D eigenvalue weighted by Gasteiger charge is -2.46. The standard InChI is InChI=1S/C28H35N3O2S/c1-29-18-15-25(26-10-7-21-34-26)33-24-13-11-22(12-14-24)27(32)31-19-16-28(17-20-31,30(2)3)23-8-5-4-6-9-23/h4-14,21,25,29H,15-20H2,1-3H3. The van der Waals surface area contributed by atoms with E-state index < -0.39 is 0 Å². The Balaban J connectivity index is 1.40. The van der Waals surface area contributed by atoms with Crippen LogP contribution < -0.4 is 10.1 Å². The highest BCUT2D eigenvalue weighted by Crippen LogP contribution is 2.37. The molecule has 1 atom stereocenters. The zero-order valence-electron chi connectivity index (χ0n) is 20.4. The summed E-state index contributed by atoms with van der Waals surface area (Å²) in [5.74, 6) is 0.886. The second kappa shape index (κ2) is 11.2. The van der Waals surface area contributed by atoms with Gasteiger partial charge in [-0.2, -0.15) is 0 Å². The van der Waals surface area contributed by atoms with Crippen LogP contribution in [-0.4, -0.2) is 56.5 Å². The molecule has 1 aliphatic heterocycles. The molecule has 5 nitrogen and oxygen atoms in total. The van der Waals surface area contributed by atoms with Crippen molar-refractivity contribution in [2.45, 2.75) is 30.9 Å². The molecule has 0 aliphatic carbocycles. The fourth-order valence-electron chi connectivity index (χ4n) is 4.85. The van der Waals surface area contributed by atoms with Crippen LogP contribution in [-0.2, 0) is 5.54 Å². The summed E-state index contributed by atoms with van der Waals surface area (Å²) in [5.41, 5.74) is 2.01. The van der Waals surface area contributed by atoms with Gasteiger partial charge in [0.2, 0.25) is 0 Å². The highest BCUT2D eigenvalue weighted by molar-refractivity contribution is 7.10. The van der Waals surface area contributed by atoms with Gasteiger partial charge in [-0.1, -0.05) is 36.4 Å². The van der Waals surface area contributed by atoms with E-state index in [1.807, 2.05) is 36.2 Å². The second-order valence-corrected chi connectivity index (χ2v) is 10.1. The zero-order valence-corrected chi connectivity index (χ0v) is 21.2. The summed E-state index contributed by atoms with van der Waals surface area (Å²) in [4.78, 5) is 18.8. The molecular weight excluding hydrogens is 442 g/mol. The Labute approximate surface area is 207 Å². The highest BCUT2D eigenvalue weighted by atomic mass is 32.1. The minimum atomic E-state index is -0.0279. The van der Waals surface area contributed by atoms with E-state index in [1.165, 1.54) is 10.4 Å². The van der Waals surface area contributed by atoms with E-state index in [2.05, 4.69) is 72.2 Å². The van der Waals surface area contributed by atoms with Gasteiger partial charge in [-0.25, -0.2) is 0 Å². The van der Waals surface area contributed by atoms with Gasteiger partial charge in [-0.15, -0.1) is 11.3 Å². The Bertz CT molecular complexity index is 1030. The first-order valence-corrected chi connectivity index (χ1v) is 12.9. The van der Waals surface area contributed by atoms with E-state index in [1.54, 1.807) is 11.3 Å². The van der Waals surface area contributed by atoms with Crippen LogP contribution in [0.25, 0.3) is 0 Å². The molecule has 4 rings (SSSR count). The first-order chi connectivity index (χ1) is 16.5. The SMILES string of the molecule is CNCCC(Oc1ccc(C(=O)N2CCC(c3ccccc3)(N(C)C)CC2)cc1)c1cccs1. The summed E-state index contributed by atoms with van der Waals surface area (Å²) in [7, 11) is 6.24. The van der Waals surface area contributed by atoms with Crippen molar-refractivity contribution in [3.8, 4) is 5.75 Å². The number of likely N-dealkylation sites (tertiary alicyclic amines) is 1. The van der Waals surface area contributed by atoms with Crippen LogP contribution >= 0.6 is 11.3 Å². The van der Waals surface area contributed by atoms with Crippen molar-refractivity contribution in [1.82, 2.24) is 15.1 Å². The van der Waals surface area contributed by atoms with Crippen LogP contribution in [0.15, 0.2) is 72.1 Å². The van der Waals surface area contributed by atoms with Gasteiger partial charge in [0.05, 0.1) is 0 Å². The molecule has 0 radical (unpaired) electrons. The van der Waals surface area contributed by atoms with Crippen LogP contribution in [0.5, 0.6) is 5.75 Å². The average molecular weight is 478 g/mol. The Hall–Kier alpha value is -2.67. The molecule has 1 aromatic heterocycles. The summed E-state index contributed by atoms with van der Waals surface area (Å²) >= 11 is 1.71. The molecule has 34 heavy (non-hydrogen) atoms. The van der Waals surface area contributed by atoms with Crippen molar-refractivity contribution < 1.29 is 9.53 Å². The lowest BCUT2D eigenvalue weighted by Crippen LogP contribution is -2.51. The van der Waals surface area contributed by atoms with E-state index in [9.17, 15) is 4.79 Å².